The summed E-state index contributed by atoms with van der Waals surface area (Å²) in [5.41, 5.74) is 0. The van der Waals surface area contributed by atoms with Crippen LogP contribution < -0.4 is 0 Å². The zero-order valence-corrected chi connectivity index (χ0v) is 11.0. The third-order valence-electron chi connectivity index (χ3n) is 4.50. The molecule has 0 radical (unpaired) electrons. The molecule has 0 aromatic heterocycles. The van der Waals surface area contributed by atoms with Crippen molar-refractivity contribution in [1.29, 1.82) is 0 Å². The number of morpholine rings is 1. The highest BCUT2D eigenvalue weighted by molar-refractivity contribution is 4.85. The molecule has 0 aromatic carbocycles. The van der Waals surface area contributed by atoms with Crippen LogP contribution in [0.4, 0.5) is 0 Å². The highest BCUT2D eigenvalue weighted by Crippen LogP contribution is 2.25. The van der Waals surface area contributed by atoms with Crippen LogP contribution in [-0.2, 0) is 4.74 Å². The first-order chi connectivity index (χ1) is 7.68. The Morgan fingerprint density at radius 3 is 2.75 bits per heavy atom. The molecule has 0 N–H and O–H groups in total. The average molecular weight is 226 g/mol. The third kappa shape index (κ3) is 2.76. The van der Waals surface area contributed by atoms with Crippen molar-refractivity contribution in [3.8, 4) is 0 Å². The van der Waals surface area contributed by atoms with Gasteiger partial charge in [-0.1, -0.05) is 6.42 Å². The third-order valence-corrected chi connectivity index (χ3v) is 4.50. The van der Waals surface area contributed by atoms with Crippen molar-refractivity contribution in [2.75, 3.05) is 33.9 Å². The summed E-state index contributed by atoms with van der Waals surface area (Å²) in [7, 11) is 4.53. The molecule has 0 amide bonds. The van der Waals surface area contributed by atoms with E-state index in [1.165, 1.54) is 25.7 Å². The maximum atomic E-state index is 5.60. The van der Waals surface area contributed by atoms with Crippen LogP contribution in [0.1, 0.15) is 32.6 Å². The van der Waals surface area contributed by atoms with Gasteiger partial charge in [-0.2, -0.15) is 0 Å². The van der Waals surface area contributed by atoms with Gasteiger partial charge < -0.3 is 9.64 Å². The number of ether oxygens (including phenoxy) is 1. The van der Waals surface area contributed by atoms with Crippen LogP contribution >= 0.6 is 0 Å². The molecule has 0 saturated carbocycles. The van der Waals surface area contributed by atoms with E-state index in [-0.39, 0.29) is 0 Å². The Kier molecular flexibility index (Phi) is 4.22. The SMILES string of the molecule is CC1CCCC(C[C@H]2COCCN2C)N1C. The summed E-state index contributed by atoms with van der Waals surface area (Å²) in [6.45, 7) is 5.28. The van der Waals surface area contributed by atoms with E-state index in [1.54, 1.807) is 0 Å². The van der Waals surface area contributed by atoms with Crippen molar-refractivity contribution >= 4 is 0 Å². The van der Waals surface area contributed by atoms with E-state index in [4.69, 9.17) is 4.74 Å². The Bertz CT molecular complexity index is 222. The van der Waals surface area contributed by atoms with Gasteiger partial charge in [0.1, 0.15) is 0 Å². The molecule has 3 nitrogen and oxygen atoms in total. The van der Waals surface area contributed by atoms with Gasteiger partial charge in [0.2, 0.25) is 0 Å². The van der Waals surface area contributed by atoms with Crippen LogP contribution in [0, 0.1) is 0 Å². The largest absolute Gasteiger partial charge is 0.378 e. The number of hydrogen-bond donors (Lipinski definition) is 0. The maximum absolute atomic E-state index is 5.60. The van der Waals surface area contributed by atoms with E-state index in [2.05, 4.69) is 30.8 Å². The van der Waals surface area contributed by atoms with Gasteiger partial charge in [-0.05, 0) is 40.3 Å². The van der Waals surface area contributed by atoms with Gasteiger partial charge in [-0.3, -0.25) is 4.90 Å². The predicted octanol–water partition coefficient (Wildman–Crippen LogP) is 1.58. The van der Waals surface area contributed by atoms with Crippen LogP contribution in [0.3, 0.4) is 0 Å². The molecule has 94 valence electrons. The number of likely N-dealkylation sites (N-methyl/N-ethyl adjacent to an activating group) is 1. The number of rotatable bonds is 2. The van der Waals surface area contributed by atoms with Crippen LogP contribution in [0.2, 0.25) is 0 Å². The van der Waals surface area contributed by atoms with Crippen molar-refractivity contribution in [2.45, 2.75) is 50.7 Å². The van der Waals surface area contributed by atoms with E-state index in [0.717, 1.165) is 31.8 Å². The quantitative estimate of drug-likeness (QED) is 0.711. The summed E-state index contributed by atoms with van der Waals surface area (Å²) in [6.07, 6.45) is 5.40. The summed E-state index contributed by atoms with van der Waals surface area (Å²) >= 11 is 0. The summed E-state index contributed by atoms with van der Waals surface area (Å²) in [5.74, 6) is 0. The Hall–Kier alpha value is -0.120. The molecule has 16 heavy (non-hydrogen) atoms. The summed E-state index contributed by atoms with van der Waals surface area (Å²) in [4.78, 5) is 5.04. The fraction of sp³-hybridized carbons (Fsp3) is 1.00. The molecule has 3 atom stereocenters. The van der Waals surface area contributed by atoms with Crippen LogP contribution in [-0.4, -0.2) is 61.8 Å². The summed E-state index contributed by atoms with van der Waals surface area (Å²) < 4.78 is 5.60. The van der Waals surface area contributed by atoms with E-state index < -0.39 is 0 Å². The van der Waals surface area contributed by atoms with E-state index in [1.807, 2.05) is 0 Å². The minimum Gasteiger partial charge on any atom is -0.378 e. The molecule has 2 fully saturated rings. The second-order valence-corrected chi connectivity index (χ2v) is 5.54. The van der Waals surface area contributed by atoms with Crippen molar-refractivity contribution in [3.05, 3.63) is 0 Å². The second-order valence-electron chi connectivity index (χ2n) is 5.54. The van der Waals surface area contributed by atoms with Crippen molar-refractivity contribution < 1.29 is 4.74 Å². The first kappa shape index (κ1) is 12.3. The van der Waals surface area contributed by atoms with E-state index in [9.17, 15) is 0 Å². The number of hydrogen-bond acceptors (Lipinski definition) is 3. The Morgan fingerprint density at radius 2 is 2.00 bits per heavy atom. The molecule has 0 bridgehead atoms. The lowest BCUT2D eigenvalue weighted by atomic mass is 9.92. The molecule has 2 aliphatic rings. The number of piperidine rings is 1. The summed E-state index contributed by atoms with van der Waals surface area (Å²) in [6, 6.07) is 2.15. The molecule has 2 aliphatic heterocycles. The standard InChI is InChI=1S/C13H26N2O/c1-11-5-4-6-12(15(11)3)9-13-10-16-8-7-14(13)2/h11-13H,4-10H2,1-3H3/t11?,12?,13-/m0/s1. The molecule has 3 heteroatoms. The highest BCUT2D eigenvalue weighted by Gasteiger charge is 2.29. The monoisotopic (exact) mass is 226 g/mol. The Labute approximate surface area is 99.7 Å². The zero-order valence-electron chi connectivity index (χ0n) is 11.0. The van der Waals surface area contributed by atoms with Gasteiger partial charge in [0.25, 0.3) is 0 Å². The van der Waals surface area contributed by atoms with Crippen LogP contribution in [0.5, 0.6) is 0 Å². The van der Waals surface area contributed by atoms with Gasteiger partial charge in [0.05, 0.1) is 13.2 Å². The maximum Gasteiger partial charge on any atom is 0.0622 e. The smallest absolute Gasteiger partial charge is 0.0622 e. The molecule has 2 heterocycles. The van der Waals surface area contributed by atoms with Gasteiger partial charge in [-0.15, -0.1) is 0 Å². The van der Waals surface area contributed by atoms with E-state index >= 15 is 0 Å². The fourth-order valence-electron chi connectivity index (χ4n) is 3.00. The lowest BCUT2D eigenvalue weighted by Crippen LogP contribution is -2.49. The average Bonchev–Trinajstić information content (AvgIpc) is 2.28. The highest BCUT2D eigenvalue weighted by atomic mass is 16.5. The minimum atomic E-state index is 0.631. The van der Waals surface area contributed by atoms with E-state index in [0.29, 0.717) is 6.04 Å². The number of likely N-dealkylation sites (tertiary alicyclic amines) is 1. The predicted molar refractivity (Wildman–Crippen MR) is 66.7 cm³/mol. The molecule has 2 saturated heterocycles. The molecule has 0 aromatic rings. The first-order valence-corrected chi connectivity index (χ1v) is 6.68. The molecule has 0 spiro atoms. The summed E-state index contributed by atoms with van der Waals surface area (Å²) in [5, 5.41) is 0. The Morgan fingerprint density at radius 1 is 1.19 bits per heavy atom. The van der Waals surface area contributed by atoms with Gasteiger partial charge in [-0.25, -0.2) is 0 Å². The zero-order chi connectivity index (χ0) is 11.5. The molecule has 2 unspecified atom stereocenters. The fourth-order valence-corrected chi connectivity index (χ4v) is 3.00. The first-order valence-electron chi connectivity index (χ1n) is 6.68. The lowest BCUT2D eigenvalue weighted by molar-refractivity contribution is -0.0133. The van der Waals surface area contributed by atoms with Crippen molar-refractivity contribution in [2.24, 2.45) is 0 Å². The lowest BCUT2D eigenvalue weighted by Gasteiger charge is -2.42. The minimum absolute atomic E-state index is 0.631. The van der Waals surface area contributed by atoms with Crippen molar-refractivity contribution in [1.82, 2.24) is 9.80 Å². The second kappa shape index (κ2) is 5.48. The topological polar surface area (TPSA) is 15.7 Å². The molecule has 0 aliphatic carbocycles. The molecular formula is C13H26N2O. The van der Waals surface area contributed by atoms with Gasteiger partial charge in [0.15, 0.2) is 0 Å². The van der Waals surface area contributed by atoms with Gasteiger partial charge in [0, 0.05) is 24.7 Å². The van der Waals surface area contributed by atoms with Crippen LogP contribution in [0.25, 0.3) is 0 Å². The van der Waals surface area contributed by atoms with Crippen LogP contribution in [0.15, 0.2) is 0 Å². The molecule has 2 rings (SSSR count). The Balaban J connectivity index is 1.87. The van der Waals surface area contributed by atoms with Gasteiger partial charge >= 0.3 is 0 Å². The van der Waals surface area contributed by atoms with Crippen molar-refractivity contribution in [3.63, 3.8) is 0 Å². The normalized spacial score (nSPS) is 38.8. The molecular weight excluding hydrogens is 200 g/mol. The number of nitrogens with zero attached hydrogens (tertiary/aromatic N) is 2.